The number of carbonyl (C=O) groups is 3. The fraction of sp³-hybridized carbons (Fsp3) is 0.500. The van der Waals surface area contributed by atoms with Crippen molar-refractivity contribution in [2.45, 2.75) is 38.8 Å². The molecular formula is C18H23N3O7. The highest BCUT2D eigenvalue weighted by Crippen LogP contribution is 2.24. The molecule has 0 radical (unpaired) electrons. The number of ether oxygens (including phenoxy) is 1. The van der Waals surface area contributed by atoms with Crippen LogP contribution in [0.15, 0.2) is 18.2 Å². The number of hydrogen-bond donors (Lipinski definition) is 2. The summed E-state index contributed by atoms with van der Waals surface area (Å²) in [5, 5.41) is 22.9. The van der Waals surface area contributed by atoms with E-state index < -0.39 is 41.4 Å². The van der Waals surface area contributed by atoms with E-state index in [9.17, 15) is 29.6 Å². The Balaban J connectivity index is 2.09. The molecule has 1 fully saturated rings. The van der Waals surface area contributed by atoms with Gasteiger partial charge in [0.1, 0.15) is 12.6 Å². The molecule has 10 heteroatoms. The van der Waals surface area contributed by atoms with Gasteiger partial charge in [0.05, 0.1) is 17.6 Å². The third-order valence-corrected chi connectivity index (χ3v) is 4.51. The van der Waals surface area contributed by atoms with E-state index in [0.717, 1.165) is 0 Å². The Labute approximate surface area is 161 Å². The average Bonchev–Trinajstić information content (AvgIpc) is 3.13. The minimum Gasteiger partial charge on any atom is -0.464 e. The highest BCUT2D eigenvalue weighted by Gasteiger charge is 2.35. The summed E-state index contributed by atoms with van der Waals surface area (Å²) in [6, 6.07) is 2.59. The number of aliphatic hydroxyl groups is 1. The molecule has 10 nitrogen and oxygen atoms in total. The van der Waals surface area contributed by atoms with Crippen LogP contribution >= 0.6 is 0 Å². The monoisotopic (exact) mass is 393 g/mol. The minimum absolute atomic E-state index is 0.0801. The van der Waals surface area contributed by atoms with Gasteiger partial charge >= 0.3 is 5.97 Å². The van der Waals surface area contributed by atoms with Gasteiger partial charge in [-0.2, -0.15) is 0 Å². The van der Waals surface area contributed by atoms with Crippen LogP contribution < -0.4 is 5.32 Å². The van der Waals surface area contributed by atoms with E-state index >= 15 is 0 Å². The average molecular weight is 393 g/mol. The van der Waals surface area contributed by atoms with Crippen LogP contribution in [0.1, 0.15) is 35.7 Å². The molecule has 1 aliphatic heterocycles. The van der Waals surface area contributed by atoms with Gasteiger partial charge in [0.2, 0.25) is 5.91 Å². The number of carbonyl (C=O) groups excluding carboxylic acids is 3. The Morgan fingerprint density at radius 1 is 1.43 bits per heavy atom. The first-order valence-electron chi connectivity index (χ1n) is 8.85. The van der Waals surface area contributed by atoms with Crippen molar-refractivity contribution in [1.29, 1.82) is 0 Å². The molecule has 1 heterocycles. The topological polar surface area (TPSA) is 139 Å². The molecule has 152 valence electrons. The molecule has 0 bridgehead atoms. The number of amides is 2. The standard InChI is InChI=1S/C18H23N3O7/c1-11-8-13(5-6-15(11)21(26)27)18(25)20-7-3-4-16(20)17(24)19-14(9-22)10-28-12(2)23/h5-6,8,14,16,22H,3-4,7,9-10H2,1-2H3,(H,19,24)/t14-,16-/m0/s1. The molecule has 2 rings (SSSR count). The van der Waals surface area contributed by atoms with E-state index in [-0.39, 0.29) is 17.9 Å². The molecule has 1 saturated heterocycles. The van der Waals surface area contributed by atoms with Crippen LogP contribution in [0.3, 0.4) is 0 Å². The van der Waals surface area contributed by atoms with Crippen molar-refractivity contribution in [3.63, 3.8) is 0 Å². The first-order valence-corrected chi connectivity index (χ1v) is 8.85. The lowest BCUT2D eigenvalue weighted by Crippen LogP contribution is -2.51. The number of esters is 1. The molecule has 28 heavy (non-hydrogen) atoms. The number of rotatable bonds is 7. The Kier molecular flexibility index (Phi) is 7.05. The van der Waals surface area contributed by atoms with E-state index in [0.29, 0.717) is 24.9 Å². The van der Waals surface area contributed by atoms with Crippen molar-refractivity contribution in [1.82, 2.24) is 10.2 Å². The number of nitrogens with zero attached hydrogens (tertiary/aromatic N) is 2. The lowest BCUT2D eigenvalue weighted by atomic mass is 10.1. The molecule has 2 N–H and O–H groups in total. The van der Waals surface area contributed by atoms with E-state index in [1.807, 2.05) is 0 Å². The molecule has 2 amide bonds. The number of aryl methyl sites for hydroxylation is 1. The van der Waals surface area contributed by atoms with E-state index in [1.54, 1.807) is 6.92 Å². The molecule has 1 aromatic carbocycles. The highest BCUT2D eigenvalue weighted by molar-refractivity contribution is 5.98. The molecule has 0 aromatic heterocycles. The summed E-state index contributed by atoms with van der Waals surface area (Å²) in [7, 11) is 0. The first-order chi connectivity index (χ1) is 13.2. The third kappa shape index (κ3) is 5.03. The van der Waals surface area contributed by atoms with Crippen molar-refractivity contribution in [3.8, 4) is 0 Å². The summed E-state index contributed by atoms with van der Waals surface area (Å²) in [5.74, 6) is -1.37. The summed E-state index contributed by atoms with van der Waals surface area (Å²) in [5.41, 5.74) is 0.544. The van der Waals surface area contributed by atoms with Gasteiger partial charge in [-0.1, -0.05) is 0 Å². The van der Waals surface area contributed by atoms with Crippen molar-refractivity contribution in [3.05, 3.63) is 39.4 Å². The second-order valence-electron chi connectivity index (χ2n) is 6.61. The van der Waals surface area contributed by atoms with Crippen LogP contribution in [0.4, 0.5) is 5.69 Å². The third-order valence-electron chi connectivity index (χ3n) is 4.51. The van der Waals surface area contributed by atoms with Crippen molar-refractivity contribution >= 4 is 23.5 Å². The van der Waals surface area contributed by atoms with Gasteiger partial charge in [-0.05, 0) is 31.9 Å². The van der Waals surface area contributed by atoms with E-state index in [1.165, 1.54) is 30.0 Å². The number of nitro benzene ring substituents is 1. The quantitative estimate of drug-likeness (QED) is 0.392. The zero-order valence-corrected chi connectivity index (χ0v) is 15.7. The van der Waals surface area contributed by atoms with Crippen molar-refractivity contribution in [2.75, 3.05) is 19.8 Å². The smallest absolute Gasteiger partial charge is 0.302 e. The van der Waals surface area contributed by atoms with Crippen LogP contribution in [-0.2, 0) is 14.3 Å². The molecule has 1 aliphatic rings. The zero-order chi connectivity index (χ0) is 20.8. The number of hydrogen-bond acceptors (Lipinski definition) is 7. The van der Waals surface area contributed by atoms with Crippen molar-refractivity contribution in [2.24, 2.45) is 0 Å². The van der Waals surface area contributed by atoms with Crippen LogP contribution in [0, 0.1) is 17.0 Å². The minimum atomic E-state index is -0.768. The van der Waals surface area contributed by atoms with Gasteiger partial charge < -0.3 is 20.1 Å². The fourth-order valence-electron chi connectivity index (χ4n) is 3.10. The maximum absolute atomic E-state index is 12.8. The number of likely N-dealkylation sites (tertiary alicyclic amines) is 1. The molecular weight excluding hydrogens is 370 g/mol. The van der Waals surface area contributed by atoms with E-state index in [2.05, 4.69) is 5.32 Å². The Hall–Kier alpha value is -3.01. The maximum Gasteiger partial charge on any atom is 0.302 e. The van der Waals surface area contributed by atoms with Crippen LogP contribution in [0.25, 0.3) is 0 Å². The Morgan fingerprint density at radius 2 is 2.14 bits per heavy atom. The van der Waals surface area contributed by atoms with E-state index in [4.69, 9.17) is 4.74 Å². The summed E-state index contributed by atoms with van der Waals surface area (Å²) >= 11 is 0. The van der Waals surface area contributed by atoms with Crippen molar-refractivity contribution < 1.29 is 29.2 Å². The molecule has 2 atom stereocenters. The van der Waals surface area contributed by atoms with Gasteiger partial charge in [-0.15, -0.1) is 0 Å². The molecule has 0 spiro atoms. The predicted molar refractivity (Wildman–Crippen MR) is 97.5 cm³/mol. The normalized spacial score (nSPS) is 17.1. The van der Waals surface area contributed by atoms with Gasteiger partial charge in [-0.25, -0.2) is 0 Å². The van der Waals surface area contributed by atoms with Gasteiger partial charge in [0, 0.05) is 30.7 Å². The maximum atomic E-state index is 12.8. The predicted octanol–water partition coefficient (Wildman–Crippen LogP) is 0.548. The highest BCUT2D eigenvalue weighted by atomic mass is 16.6. The summed E-state index contributed by atoms with van der Waals surface area (Å²) < 4.78 is 4.80. The summed E-state index contributed by atoms with van der Waals surface area (Å²) in [6.45, 7) is 2.56. The number of aliphatic hydroxyl groups excluding tert-OH is 1. The van der Waals surface area contributed by atoms with Gasteiger partial charge in [0.15, 0.2) is 0 Å². The Morgan fingerprint density at radius 3 is 2.71 bits per heavy atom. The second-order valence-corrected chi connectivity index (χ2v) is 6.61. The number of nitrogens with one attached hydrogen (secondary N) is 1. The first kappa shape index (κ1) is 21.3. The largest absolute Gasteiger partial charge is 0.464 e. The Bertz CT molecular complexity index is 780. The SMILES string of the molecule is CC(=O)OC[C@H](CO)NC(=O)[C@@H]1CCCN1C(=O)c1ccc([N+](=O)[O-])c(C)c1. The summed E-state index contributed by atoms with van der Waals surface area (Å²) in [6.07, 6.45) is 1.08. The molecule has 0 saturated carbocycles. The summed E-state index contributed by atoms with van der Waals surface area (Å²) in [4.78, 5) is 48.1. The van der Waals surface area contributed by atoms with Crippen LogP contribution in [-0.4, -0.2) is 64.6 Å². The number of nitro groups is 1. The molecule has 0 unspecified atom stereocenters. The molecule has 1 aromatic rings. The lowest BCUT2D eigenvalue weighted by Gasteiger charge is -2.26. The fourth-order valence-corrected chi connectivity index (χ4v) is 3.10. The molecule has 0 aliphatic carbocycles. The van der Waals surface area contributed by atoms with Gasteiger partial charge in [0.25, 0.3) is 11.6 Å². The second kappa shape index (κ2) is 9.27. The lowest BCUT2D eigenvalue weighted by molar-refractivity contribution is -0.385. The zero-order valence-electron chi connectivity index (χ0n) is 15.7. The van der Waals surface area contributed by atoms with Crippen LogP contribution in [0.2, 0.25) is 0 Å². The number of benzene rings is 1. The van der Waals surface area contributed by atoms with Gasteiger partial charge in [-0.3, -0.25) is 24.5 Å². The van der Waals surface area contributed by atoms with Crippen LogP contribution in [0.5, 0.6) is 0 Å².